The minimum Gasteiger partial charge on any atom is -0.318 e. The molecule has 0 spiro atoms. The first-order valence-electron chi connectivity index (χ1n) is 7.30. The number of nitrogens with zero attached hydrogens (tertiary/aromatic N) is 1. The van der Waals surface area contributed by atoms with Gasteiger partial charge < -0.3 is 5.43 Å². The number of hydrogen-bond donors (Lipinski definition) is 1. The highest BCUT2D eigenvalue weighted by atomic mass is 16.1. The van der Waals surface area contributed by atoms with E-state index in [0.717, 1.165) is 11.3 Å². The van der Waals surface area contributed by atoms with E-state index in [9.17, 15) is 4.79 Å². The van der Waals surface area contributed by atoms with E-state index in [0.29, 0.717) is 18.5 Å². The molecule has 1 aromatic rings. The van der Waals surface area contributed by atoms with E-state index in [-0.39, 0.29) is 5.78 Å². The maximum Gasteiger partial charge on any atom is 0.162 e. The van der Waals surface area contributed by atoms with Crippen molar-refractivity contribution in [2.45, 2.75) is 58.5 Å². The van der Waals surface area contributed by atoms with Crippen LogP contribution in [0.2, 0.25) is 0 Å². The fourth-order valence-electron chi connectivity index (χ4n) is 2.73. The number of Topliss-reactive ketones (excluding diaryl/α,β-unsaturated/α-hetero) is 1. The molecule has 3 nitrogen and oxygen atoms in total. The normalized spacial score (nSPS) is 24.2. The van der Waals surface area contributed by atoms with E-state index in [2.05, 4.69) is 24.3 Å². The molecule has 3 heteroatoms. The summed E-state index contributed by atoms with van der Waals surface area (Å²) in [4.78, 5) is 11.6. The Morgan fingerprint density at radius 1 is 1.21 bits per heavy atom. The van der Waals surface area contributed by atoms with Crippen LogP contribution in [0.15, 0.2) is 24.3 Å². The Balaban J connectivity index is 2.04. The molecule has 0 radical (unpaired) electrons. The van der Waals surface area contributed by atoms with Gasteiger partial charge in [0.1, 0.15) is 0 Å². The predicted octanol–water partition coefficient (Wildman–Crippen LogP) is 3.87. The molecule has 0 aromatic heterocycles. The van der Waals surface area contributed by atoms with Crippen LogP contribution < -0.4 is 5.43 Å². The van der Waals surface area contributed by atoms with Gasteiger partial charge in [-0.2, -0.15) is 0 Å². The maximum absolute atomic E-state index is 11.6. The zero-order valence-corrected chi connectivity index (χ0v) is 12.1. The molecule has 1 aliphatic heterocycles. The lowest BCUT2D eigenvalue weighted by atomic mass is 10.00. The molecule has 2 rings (SSSR count). The molecule has 104 valence electrons. The standard InChI is InChI=1S/C16H24N2O/c1-4-16(19)14-8-10-15(11-9-14)17-18-12(2)6-5-7-13(18)3/h8-13,17H,4-7H2,1-3H3. The van der Waals surface area contributed by atoms with Gasteiger partial charge in [-0.25, -0.2) is 5.01 Å². The maximum atomic E-state index is 11.6. The van der Waals surface area contributed by atoms with E-state index < -0.39 is 0 Å². The highest BCUT2D eigenvalue weighted by Crippen LogP contribution is 2.23. The second kappa shape index (κ2) is 6.20. The number of piperidine rings is 1. The summed E-state index contributed by atoms with van der Waals surface area (Å²) in [5, 5.41) is 2.33. The third kappa shape index (κ3) is 3.35. The second-order valence-corrected chi connectivity index (χ2v) is 5.50. The Morgan fingerprint density at radius 3 is 2.32 bits per heavy atom. The number of hydrogen-bond acceptors (Lipinski definition) is 3. The molecule has 2 unspecified atom stereocenters. The largest absolute Gasteiger partial charge is 0.318 e. The van der Waals surface area contributed by atoms with Gasteiger partial charge in [0.05, 0.1) is 0 Å². The number of rotatable bonds is 4. The first-order chi connectivity index (χ1) is 9.11. The fraction of sp³-hybridized carbons (Fsp3) is 0.562. The van der Waals surface area contributed by atoms with Gasteiger partial charge in [0.25, 0.3) is 0 Å². The molecular formula is C16H24N2O. The van der Waals surface area contributed by atoms with Crippen LogP contribution in [0, 0.1) is 0 Å². The van der Waals surface area contributed by atoms with Crippen molar-refractivity contribution < 1.29 is 4.79 Å². The quantitative estimate of drug-likeness (QED) is 0.834. The van der Waals surface area contributed by atoms with Crippen LogP contribution >= 0.6 is 0 Å². The van der Waals surface area contributed by atoms with Gasteiger partial charge in [-0.3, -0.25) is 4.79 Å². The third-order valence-corrected chi connectivity index (χ3v) is 3.98. The number of ketones is 1. The number of nitrogens with one attached hydrogen (secondary N) is 1. The van der Waals surface area contributed by atoms with Crippen molar-refractivity contribution in [3.05, 3.63) is 29.8 Å². The molecule has 1 N–H and O–H groups in total. The lowest BCUT2D eigenvalue weighted by Gasteiger charge is -2.39. The minimum atomic E-state index is 0.200. The molecule has 2 atom stereocenters. The smallest absolute Gasteiger partial charge is 0.162 e. The average Bonchev–Trinajstić information content (AvgIpc) is 2.43. The fourth-order valence-corrected chi connectivity index (χ4v) is 2.73. The molecule has 0 bridgehead atoms. The van der Waals surface area contributed by atoms with Crippen LogP contribution in [-0.4, -0.2) is 22.9 Å². The molecule has 1 aliphatic rings. The number of carbonyl (C=O) groups excluding carboxylic acids is 1. The van der Waals surface area contributed by atoms with Gasteiger partial charge in [-0.15, -0.1) is 0 Å². The van der Waals surface area contributed by atoms with Gasteiger partial charge in [0.2, 0.25) is 0 Å². The van der Waals surface area contributed by atoms with E-state index >= 15 is 0 Å². The molecule has 1 heterocycles. The monoisotopic (exact) mass is 260 g/mol. The van der Waals surface area contributed by atoms with Gasteiger partial charge in [-0.05, 0) is 51.0 Å². The molecular weight excluding hydrogens is 236 g/mol. The van der Waals surface area contributed by atoms with Crippen molar-refractivity contribution >= 4 is 11.5 Å². The van der Waals surface area contributed by atoms with Gasteiger partial charge in [0.15, 0.2) is 5.78 Å². The van der Waals surface area contributed by atoms with Crippen molar-refractivity contribution in [3.8, 4) is 0 Å². The van der Waals surface area contributed by atoms with E-state index in [1.807, 2.05) is 31.2 Å². The number of anilines is 1. The van der Waals surface area contributed by atoms with Crippen LogP contribution in [0.5, 0.6) is 0 Å². The van der Waals surface area contributed by atoms with Crippen molar-refractivity contribution in [2.24, 2.45) is 0 Å². The number of carbonyl (C=O) groups is 1. The van der Waals surface area contributed by atoms with E-state index in [4.69, 9.17) is 0 Å². The van der Waals surface area contributed by atoms with Crippen LogP contribution in [0.25, 0.3) is 0 Å². The Bertz CT molecular complexity index is 417. The molecule has 1 saturated heterocycles. The summed E-state index contributed by atoms with van der Waals surface area (Å²) in [5.74, 6) is 0.200. The second-order valence-electron chi connectivity index (χ2n) is 5.50. The first kappa shape index (κ1) is 14.1. The van der Waals surface area contributed by atoms with Gasteiger partial charge >= 0.3 is 0 Å². The molecule has 19 heavy (non-hydrogen) atoms. The Labute approximate surface area is 116 Å². The summed E-state index contributed by atoms with van der Waals surface area (Å²) < 4.78 is 0. The summed E-state index contributed by atoms with van der Waals surface area (Å²) in [5.41, 5.74) is 5.35. The first-order valence-corrected chi connectivity index (χ1v) is 7.30. The molecule has 0 aliphatic carbocycles. The van der Waals surface area contributed by atoms with Crippen LogP contribution in [0.3, 0.4) is 0 Å². The number of benzene rings is 1. The van der Waals surface area contributed by atoms with Gasteiger partial charge in [-0.1, -0.05) is 13.3 Å². The zero-order valence-electron chi connectivity index (χ0n) is 12.1. The van der Waals surface area contributed by atoms with Gasteiger partial charge in [0, 0.05) is 29.8 Å². The number of hydrazine groups is 1. The lowest BCUT2D eigenvalue weighted by Crippen LogP contribution is -2.47. The summed E-state index contributed by atoms with van der Waals surface area (Å²) in [7, 11) is 0. The van der Waals surface area contributed by atoms with Crippen LogP contribution in [-0.2, 0) is 0 Å². The Kier molecular flexibility index (Phi) is 4.59. The summed E-state index contributed by atoms with van der Waals surface area (Å²) >= 11 is 0. The molecule has 1 fully saturated rings. The lowest BCUT2D eigenvalue weighted by molar-refractivity contribution is 0.0988. The molecule has 0 amide bonds. The van der Waals surface area contributed by atoms with Crippen molar-refractivity contribution in [2.75, 3.05) is 5.43 Å². The zero-order chi connectivity index (χ0) is 13.8. The van der Waals surface area contributed by atoms with E-state index in [1.165, 1.54) is 19.3 Å². The average molecular weight is 260 g/mol. The van der Waals surface area contributed by atoms with Crippen molar-refractivity contribution in [1.82, 2.24) is 5.01 Å². The Hall–Kier alpha value is -1.35. The highest BCUT2D eigenvalue weighted by molar-refractivity contribution is 5.96. The molecule has 0 saturated carbocycles. The SMILES string of the molecule is CCC(=O)c1ccc(NN2C(C)CCCC2C)cc1. The van der Waals surface area contributed by atoms with E-state index in [1.54, 1.807) is 0 Å². The minimum absolute atomic E-state index is 0.200. The topological polar surface area (TPSA) is 32.3 Å². The van der Waals surface area contributed by atoms with Crippen molar-refractivity contribution in [1.29, 1.82) is 0 Å². The summed E-state index contributed by atoms with van der Waals surface area (Å²) in [6, 6.07) is 8.93. The van der Waals surface area contributed by atoms with Crippen LogP contribution in [0.4, 0.5) is 5.69 Å². The summed E-state index contributed by atoms with van der Waals surface area (Å²) in [6.07, 6.45) is 4.35. The van der Waals surface area contributed by atoms with Crippen LogP contribution in [0.1, 0.15) is 56.8 Å². The third-order valence-electron chi connectivity index (χ3n) is 3.98. The Morgan fingerprint density at radius 2 is 1.79 bits per heavy atom. The predicted molar refractivity (Wildman–Crippen MR) is 79.3 cm³/mol. The summed E-state index contributed by atoms with van der Waals surface area (Å²) in [6.45, 7) is 6.42. The molecule has 1 aromatic carbocycles. The van der Waals surface area contributed by atoms with Crippen molar-refractivity contribution in [3.63, 3.8) is 0 Å². The highest BCUT2D eigenvalue weighted by Gasteiger charge is 2.24.